The molecule has 0 radical (unpaired) electrons. The van der Waals surface area contributed by atoms with Crippen LogP contribution in [0.4, 0.5) is 11.6 Å². The standard InChI is InChI=1S/C11H17N5/c1-4-16(7-5-6-12)11-8(2)10(13)14-9(3)15-11/h4-5,7H2,1-3H3,(H2,13,14,15). The predicted octanol–water partition coefficient (Wildman–Crippen LogP) is 1.42. The lowest BCUT2D eigenvalue weighted by molar-refractivity contribution is 0.798. The Morgan fingerprint density at radius 3 is 2.62 bits per heavy atom. The molecule has 1 aromatic heterocycles. The lowest BCUT2D eigenvalue weighted by Crippen LogP contribution is -2.26. The Kier molecular flexibility index (Phi) is 4.06. The number of hydrogen-bond donors (Lipinski definition) is 1. The summed E-state index contributed by atoms with van der Waals surface area (Å²) in [5, 5.41) is 8.60. The van der Waals surface area contributed by atoms with Crippen molar-refractivity contribution in [3.63, 3.8) is 0 Å². The maximum Gasteiger partial charge on any atom is 0.137 e. The van der Waals surface area contributed by atoms with Crippen LogP contribution in [-0.2, 0) is 0 Å². The maximum absolute atomic E-state index is 8.60. The molecule has 1 aromatic rings. The second kappa shape index (κ2) is 5.31. The number of rotatable bonds is 4. The van der Waals surface area contributed by atoms with Crippen LogP contribution in [0.5, 0.6) is 0 Å². The molecule has 5 nitrogen and oxygen atoms in total. The number of nitrogen functional groups attached to an aromatic ring is 1. The number of nitrogens with two attached hydrogens (primary N) is 1. The van der Waals surface area contributed by atoms with Crippen molar-refractivity contribution in [3.8, 4) is 6.07 Å². The van der Waals surface area contributed by atoms with Gasteiger partial charge in [-0.2, -0.15) is 5.26 Å². The van der Waals surface area contributed by atoms with Gasteiger partial charge in [0.1, 0.15) is 17.5 Å². The molecule has 0 atom stereocenters. The normalized spacial score (nSPS) is 9.88. The van der Waals surface area contributed by atoms with Crippen molar-refractivity contribution in [3.05, 3.63) is 11.4 Å². The van der Waals surface area contributed by atoms with Crippen LogP contribution >= 0.6 is 0 Å². The Morgan fingerprint density at radius 1 is 1.38 bits per heavy atom. The van der Waals surface area contributed by atoms with E-state index in [-0.39, 0.29) is 0 Å². The first-order chi connectivity index (χ1) is 7.60. The minimum absolute atomic E-state index is 0.482. The highest BCUT2D eigenvalue weighted by Crippen LogP contribution is 2.21. The van der Waals surface area contributed by atoms with E-state index in [2.05, 4.69) is 16.0 Å². The topological polar surface area (TPSA) is 78.8 Å². The fourth-order valence-electron chi connectivity index (χ4n) is 1.54. The zero-order chi connectivity index (χ0) is 12.1. The quantitative estimate of drug-likeness (QED) is 0.828. The van der Waals surface area contributed by atoms with Gasteiger partial charge < -0.3 is 10.6 Å². The van der Waals surface area contributed by atoms with Gasteiger partial charge in [0.15, 0.2) is 0 Å². The lowest BCUT2D eigenvalue weighted by atomic mass is 10.2. The average Bonchev–Trinajstić information content (AvgIpc) is 2.25. The average molecular weight is 219 g/mol. The van der Waals surface area contributed by atoms with E-state index < -0.39 is 0 Å². The van der Waals surface area contributed by atoms with Crippen molar-refractivity contribution in [2.45, 2.75) is 27.2 Å². The summed E-state index contributed by atoms with van der Waals surface area (Å²) in [6, 6.07) is 2.13. The maximum atomic E-state index is 8.60. The highest BCUT2D eigenvalue weighted by molar-refractivity contribution is 5.56. The number of anilines is 2. The molecular formula is C11H17N5. The highest BCUT2D eigenvalue weighted by atomic mass is 15.2. The van der Waals surface area contributed by atoms with Crippen molar-refractivity contribution < 1.29 is 0 Å². The Labute approximate surface area is 95.9 Å². The molecule has 0 aromatic carbocycles. The van der Waals surface area contributed by atoms with Gasteiger partial charge in [0.25, 0.3) is 0 Å². The zero-order valence-electron chi connectivity index (χ0n) is 9.99. The SMILES string of the molecule is CCN(CCC#N)c1nc(C)nc(N)c1C. The summed E-state index contributed by atoms with van der Waals surface area (Å²) in [6.45, 7) is 7.23. The van der Waals surface area contributed by atoms with Gasteiger partial charge in [-0.05, 0) is 20.8 Å². The van der Waals surface area contributed by atoms with Gasteiger partial charge in [0.2, 0.25) is 0 Å². The number of nitriles is 1. The molecule has 0 amide bonds. The molecule has 0 aliphatic carbocycles. The van der Waals surface area contributed by atoms with E-state index in [1.807, 2.05) is 25.7 Å². The molecule has 0 unspecified atom stereocenters. The van der Waals surface area contributed by atoms with Gasteiger partial charge in [0, 0.05) is 18.7 Å². The molecule has 0 fully saturated rings. The van der Waals surface area contributed by atoms with Crippen LogP contribution in [0, 0.1) is 25.2 Å². The third-order valence-electron chi connectivity index (χ3n) is 2.44. The van der Waals surface area contributed by atoms with E-state index in [9.17, 15) is 0 Å². The van der Waals surface area contributed by atoms with E-state index in [4.69, 9.17) is 11.0 Å². The number of aromatic nitrogens is 2. The second-order valence-corrected chi connectivity index (χ2v) is 3.59. The van der Waals surface area contributed by atoms with Gasteiger partial charge >= 0.3 is 0 Å². The van der Waals surface area contributed by atoms with Crippen molar-refractivity contribution in [1.82, 2.24) is 9.97 Å². The van der Waals surface area contributed by atoms with Crippen LogP contribution in [0.15, 0.2) is 0 Å². The van der Waals surface area contributed by atoms with E-state index in [1.54, 1.807) is 0 Å². The first-order valence-electron chi connectivity index (χ1n) is 5.32. The van der Waals surface area contributed by atoms with Crippen LogP contribution < -0.4 is 10.6 Å². The lowest BCUT2D eigenvalue weighted by Gasteiger charge is -2.23. The summed E-state index contributed by atoms with van der Waals surface area (Å²) in [6.07, 6.45) is 0.482. The monoisotopic (exact) mass is 219 g/mol. The van der Waals surface area contributed by atoms with Crippen LogP contribution in [0.3, 0.4) is 0 Å². The van der Waals surface area contributed by atoms with E-state index in [1.165, 1.54) is 0 Å². The molecular weight excluding hydrogens is 202 g/mol. The highest BCUT2D eigenvalue weighted by Gasteiger charge is 2.12. The summed E-state index contributed by atoms with van der Waals surface area (Å²) in [7, 11) is 0. The van der Waals surface area contributed by atoms with Crippen LogP contribution in [0.25, 0.3) is 0 Å². The molecule has 5 heteroatoms. The molecule has 2 N–H and O–H groups in total. The molecule has 0 bridgehead atoms. The molecule has 0 saturated carbocycles. The summed E-state index contributed by atoms with van der Waals surface area (Å²) in [5.74, 6) is 2.01. The predicted molar refractivity (Wildman–Crippen MR) is 64.0 cm³/mol. The summed E-state index contributed by atoms with van der Waals surface area (Å²) < 4.78 is 0. The van der Waals surface area contributed by atoms with E-state index in [0.717, 1.165) is 17.9 Å². The van der Waals surface area contributed by atoms with Gasteiger partial charge in [-0.25, -0.2) is 9.97 Å². The Hall–Kier alpha value is -1.83. The first kappa shape index (κ1) is 12.2. The largest absolute Gasteiger partial charge is 0.383 e. The molecule has 0 aliphatic heterocycles. The summed E-state index contributed by atoms with van der Waals surface area (Å²) in [5.41, 5.74) is 6.68. The van der Waals surface area contributed by atoms with Crippen LogP contribution in [0.2, 0.25) is 0 Å². The Balaban J connectivity index is 3.05. The third-order valence-corrected chi connectivity index (χ3v) is 2.44. The fraction of sp³-hybridized carbons (Fsp3) is 0.545. The molecule has 16 heavy (non-hydrogen) atoms. The number of nitrogens with zero attached hydrogens (tertiary/aromatic N) is 4. The smallest absolute Gasteiger partial charge is 0.137 e. The molecule has 1 rings (SSSR count). The minimum Gasteiger partial charge on any atom is -0.383 e. The zero-order valence-corrected chi connectivity index (χ0v) is 9.99. The van der Waals surface area contributed by atoms with Crippen molar-refractivity contribution in [1.29, 1.82) is 5.26 Å². The molecule has 86 valence electrons. The van der Waals surface area contributed by atoms with Gasteiger partial charge in [0.05, 0.1) is 12.5 Å². The van der Waals surface area contributed by atoms with Gasteiger partial charge in [-0.1, -0.05) is 0 Å². The summed E-state index contributed by atoms with van der Waals surface area (Å²) >= 11 is 0. The molecule has 0 saturated heterocycles. The van der Waals surface area contributed by atoms with Crippen LogP contribution in [0.1, 0.15) is 24.7 Å². The second-order valence-electron chi connectivity index (χ2n) is 3.59. The van der Waals surface area contributed by atoms with Crippen molar-refractivity contribution in [2.75, 3.05) is 23.7 Å². The fourth-order valence-corrected chi connectivity index (χ4v) is 1.54. The number of hydrogen-bond acceptors (Lipinski definition) is 5. The van der Waals surface area contributed by atoms with E-state index >= 15 is 0 Å². The Morgan fingerprint density at radius 2 is 2.06 bits per heavy atom. The van der Waals surface area contributed by atoms with Crippen molar-refractivity contribution >= 4 is 11.6 Å². The minimum atomic E-state index is 0.482. The number of aryl methyl sites for hydroxylation is 1. The van der Waals surface area contributed by atoms with Gasteiger partial charge in [-0.3, -0.25) is 0 Å². The first-order valence-corrected chi connectivity index (χ1v) is 5.32. The van der Waals surface area contributed by atoms with Crippen LogP contribution in [-0.4, -0.2) is 23.1 Å². The van der Waals surface area contributed by atoms with Crippen molar-refractivity contribution in [2.24, 2.45) is 0 Å². The third kappa shape index (κ3) is 2.60. The van der Waals surface area contributed by atoms with E-state index in [0.29, 0.717) is 24.6 Å². The molecule has 1 heterocycles. The Bertz CT molecular complexity index is 408. The summed E-state index contributed by atoms with van der Waals surface area (Å²) in [4.78, 5) is 10.5. The van der Waals surface area contributed by atoms with Gasteiger partial charge in [-0.15, -0.1) is 0 Å². The molecule has 0 aliphatic rings. The molecule has 0 spiro atoms.